The molecule has 14 heavy (non-hydrogen) atoms. The molecule has 0 spiro atoms. The third kappa shape index (κ3) is 1.60. The van der Waals surface area contributed by atoms with E-state index in [0.29, 0.717) is 9.35 Å². The Labute approximate surface area is 101 Å². The van der Waals surface area contributed by atoms with Crippen LogP contribution in [-0.2, 0) is 0 Å². The van der Waals surface area contributed by atoms with Crippen molar-refractivity contribution in [3.63, 3.8) is 0 Å². The average molecular weight is 336 g/mol. The van der Waals surface area contributed by atoms with E-state index in [1.54, 1.807) is 0 Å². The van der Waals surface area contributed by atoms with Crippen LogP contribution in [0.3, 0.4) is 0 Å². The monoisotopic (exact) mass is 334 g/mol. The smallest absolute Gasteiger partial charge is 0.338 e. The van der Waals surface area contributed by atoms with Gasteiger partial charge in [0, 0.05) is 14.6 Å². The van der Waals surface area contributed by atoms with Gasteiger partial charge >= 0.3 is 5.97 Å². The van der Waals surface area contributed by atoms with Crippen LogP contribution < -0.4 is 0 Å². The normalized spacial score (nSPS) is 10.7. The number of carboxylic acids is 1. The fourth-order valence-corrected chi connectivity index (χ4v) is 3.62. The summed E-state index contributed by atoms with van der Waals surface area (Å²) in [4.78, 5) is 10.9. The largest absolute Gasteiger partial charge is 0.478 e. The van der Waals surface area contributed by atoms with E-state index >= 15 is 0 Å². The van der Waals surface area contributed by atoms with E-state index in [2.05, 4.69) is 31.9 Å². The molecule has 0 saturated heterocycles. The van der Waals surface area contributed by atoms with Crippen LogP contribution in [0.1, 0.15) is 10.4 Å². The lowest BCUT2D eigenvalue weighted by molar-refractivity contribution is 0.0698. The summed E-state index contributed by atoms with van der Waals surface area (Å²) < 4.78 is 2.58. The van der Waals surface area contributed by atoms with Crippen molar-refractivity contribution in [1.29, 1.82) is 0 Å². The summed E-state index contributed by atoms with van der Waals surface area (Å²) in [5.74, 6) is -0.898. The number of carbonyl (C=O) groups is 1. The van der Waals surface area contributed by atoms with Gasteiger partial charge in [0.2, 0.25) is 0 Å². The first-order chi connectivity index (χ1) is 6.59. The van der Waals surface area contributed by atoms with Gasteiger partial charge in [-0.05, 0) is 28.1 Å². The molecule has 0 bridgehead atoms. The van der Waals surface area contributed by atoms with Gasteiger partial charge in [-0.3, -0.25) is 0 Å². The molecule has 0 radical (unpaired) electrons. The van der Waals surface area contributed by atoms with Crippen LogP contribution in [0, 0.1) is 0 Å². The summed E-state index contributed by atoms with van der Waals surface area (Å²) in [6, 6.07) is 5.56. The van der Waals surface area contributed by atoms with Gasteiger partial charge < -0.3 is 5.11 Å². The van der Waals surface area contributed by atoms with Crippen LogP contribution in [0.25, 0.3) is 10.1 Å². The Kier molecular flexibility index (Phi) is 2.64. The minimum atomic E-state index is -0.898. The summed E-state index contributed by atoms with van der Waals surface area (Å²) in [6.45, 7) is 0. The number of carboxylic acid groups (broad SMARTS) is 1. The Morgan fingerprint density at radius 1 is 1.36 bits per heavy atom. The molecule has 2 nitrogen and oxygen atoms in total. The predicted octanol–water partition coefficient (Wildman–Crippen LogP) is 4.12. The number of rotatable bonds is 1. The van der Waals surface area contributed by atoms with Crippen molar-refractivity contribution in [2.75, 3.05) is 0 Å². The number of hydrogen-bond donors (Lipinski definition) is 1. The molecule has 0 saturated carbocycles. The Morgan fingerprint density at radius 2 is 2.07 bits per heavy atom. The lowest BCUT2D eigenvalue weighted by Gasteiger charge is -1.93. The van der Waals surface area contributed by atoms with Gasteiger partial charge in [0.15, 0.2) is 0 Å². The van der Waals surface area contributed by atoms with Crippen molar-refractivity contribution >= 4 is 59.3 Å². The second kappa shape index (κ2) is 3.64. The number of aromatic carboxylic acids is 1. The molecule has 2 rings (SSSR count). The highest BCUT2D eigenvalue weighted by Gasteiger charge is 2.16. The zero-order chi connectivity index (χ0) is 10.3. The Balaban J connectivity index is 2.84. The second-order valence-corrected chi connectivity index (χ2v) is 5.98. The first-order valence-electron chi connectivity index (χ1n) is 3.70. The molecule has 2 aromatic rings. The van der Waals surface area contributed by atoms with Gasteiger partial charge in [-0.25, -0.2) is 4.79 Å². The van der Waals surface area contributed by atoms with Crippen LogP contribution in [0.5, 0.6) is 0 Å². The van der Waals surface area contributed by atoms with Gasteiger partial charge in [0.25, 0.3) is 0 Å². The molecule has 0 unspecified atom stereocenters. The maximum atomic E-state index is 10.9. The minimum Gasteiger partial charge on any atom is -0.478 e. The van der Waals surface area contributed by atoms with Gasteiger partial charge in [0.1, 0.15) is 0 Å². The Bertz CT molecular complexity index is 519. The van der Waals surface area contributed by atoms with E-state index < -0.39 is 5.97 Å². The third-order valence-electron chi connectivity index (χ3n) is 1.82. The predicted molar refractivity (Wildman–Crippen MR) is 64.2 cm³/mol. The molecule has 0 aliphatic heterocycles. The molecular formula is C9H4Br2O2S. The van der Waals surface area contributed by atoms with E-state index in [-0.39, 0.29) is 0 Å². The molecule has 0 aliphatic carbocycles. The summed E-state index contributed by atoms with van der Waals surface area (Å²) >= 11 is 8.03. The lowest BCUT2D eigenvalue weighted by Crippen LogP contribution is -1.94. The molecule has 72 valence electrons. The molecular weight excluding hydrogens is 332 g/mol. The molecule has 0 aliphatic rings. The molecule has 0 amide bonds. The zero-order valence-corrected chi connectivity index (χ0v) is 10.7. The van der Waals surface area contributed by atoms with Crippen molar-refractivity contribution in [1.82, 2.24) is 0 Å². The van der Waals surface area contributed by atoms with E-state index in [1.165, 1.54) is 11.3 Å². The number of benzene rings is 1. The molecule has 1 aromatic carbocycles. The summed E-state index contributed by atoms with van der Waals surface area (Å²) in [5.41, 5.74) is 0.345. The quantitative estimate of drug-likeness (QED) is 0.851. The molecule has 1 N–H and O–H groups in total. The lowest BCUT2D eigenvalue weighted by atomic mass is 10.2. The molecule has 1 heterocycles. The van der Waals surface area contributed by atoms with E-state index in [4.69, 9.17) is 5.11 Å². The second-order valence-electron chi connectivity index (χ2n) is 2.70. The van der Waals surface area contributed by atoms with Crippen molar-refractivity contribution < 1.29 is 9.90 Å². The number of fused-ring (bicyclic) bond motifs is 1. The Morgan fingerprint density at radius 3 is 2.71 bits per heavy atom. The number of halogens is 2. The van der Waals surface area contributed by atoms with Crippen LogP contribution >= 0.6 is 43.2 Å². The minimum absolute atomic E-state index is 0.345. The van der Waals surface area contributed by atoms with Crippen molar-refractivity contribution in [3.05, 3.63) is 32.0 Å². The molecule has 1 aromatic heterocycles. The van der Waals surface area contributed by atoms with Crippen molar-refractivity contribution in [2.24, 2.45) is 0 Å². The SMILES string of the molecule is O=C(O)c1c(Br)sc2cc(Br)ccc12. The fraction of sp³-hybridized carbons (Fsp3) is 0. The molecule has 0 atom stereocenters. The number of hydrogen-bond acceptors (Lipinski definition) is 2. The number of thiophene rings is 1. The highest BCUT2D eigenvalue weighted by Crippen LogP contribution is 2.36. The van der Waals surface area contributed by atoms with Gasteiger partial charge in [-0.15, -0.1) is 11.3 Å². The standard InChI is InChI=1S/C9H4Br2O2S/c10-4-1-2-5-6(3-4)14-8(11)7(5)9(12)13/h1-3H,(H,12,13). The van der Waals surface area contributed by atoms with Crippen LogP contribution in [-0.4, -0.2) is 11.1 Å². The molecule has 5 heteroatoms. The topological polar surface area (TPSA) is 37.3 Å². The summed E-state index contributed by atoms with van der Waals surface area (Å²) in [6.07, 6.45) is 0. The summed E-state index contributed by atoms with van der Waals surface area (Å²) in [5, 5.41) is 9.76. The van der Waals surface area contributed by atoms with Crippen molar-refractivity contribution in [2.45, 2.75) is 0 Å². The van der Waals surface area contributed by atoms with E-state index in [1.807, 2.05) is 18.2 Å². The maximum absolute atomic E-state index is 10.9. The highest BCUT2D eigenvalue weighted by molar-refractivity contribution is 9.11. The van der Waals surface area contributed by atoms with E-state index in [0.717, 1.165) is 14.6 Å². The van der Waals surface area contributed by atoms with E-state index in [9.17, 15) is 4.79 Å². The fourth-order valence-electron chi connectivity index (χ4n) is 1.24. The van der Waals surface area contributed by atoms with Crippen LogP contribution in [0.4, 0.5) is 0 Å². The van der Waals surface area contributed by atoms with Gasteiger partial charge in [0.05, 0.1) is 9.35 Å². The highest BCUT2D eigenvalue weighted by atomic mass is 79.9. The van der Waals surface area contributed by atoms with Crippen LogP contribution in [0.15, 0.2) is 26.5 Å². The van der Waals surface area contributed by atoms with Crippen molar-refractivity contribution in [3.8, 4) is 0 Å². The van der Waals surface area contributed by atoms with Gasteiger partial charge in [-0.2, -0.15) is 0 Å². The first kappa shape index (κ1) is 10.1. The molecule has 0 fully saturated rings. The summed E-state index contributed by atoms with van der Waals surface area (Å²) in [7, 11) is 0. The van der Waals surface area contributed by atoms with Gasteiger partial charge in [-0.1, -0.05) is 22.0 Å². The van der Waals surface area contributed by atoms with Crippen LogP contribution in [0.2, 0.25) is 0 Å². The first-order valence-corrected chi connectivity index (χ1v) is 6.10. The Hall–Kier alpha value is -0.390. The zero-order valence-electron chi connectivity index (χ0n) is 6.75. The average Bonchev–Trinajstić information content (AvgIpc) is 2.39. The third-order valence-corrected chi connectivity index (χ3v) is 4.14. The maximum Gasteiger partial charge on any atom is 0.338 e.